The van der Waals surface area contributed by atoms with E-state index in [1.165, 1.54) is 16.2 Å². The Bertz CT molecular complexity index is 1110. The van der Waals surface area contributed by atoms with Crippen LogP contribution in [0.15, 0.2) is 40.2 Å². The van der Waals surface area contributed by atoms with Crippen LogP contribution in [0.2, 0.25) is 0 Å². The van der Waals surface area contributed by atoms with Crippen LogP contribution in [0, 0.1) is 13.8 Å². The molecule has 0 aliphatic carbocycles. The zero-order valence-corrected chi connectivity index (χ0v) is 18.2. The molecule has 0 saturated heterocycles. The number of hydrogen-bond donors (Lipinski definition) is 0. The van der Waals surface area contributed by atoms with Gasteiger partial charge in [0, 0.05) is 7.05 Å². The molecule has 0 atom stereocenters. The van der Waals surface area contributed by atoms with Gasteiger partial charge in [0.2, 0.25) is 27.6 Å². The molecule has 0 aliphatic heterocycles. The van der Waals surface area contributed by atoms with Crippen LogP contribution in [-0.2, 0) is 21.4 Å². The highest BCUT2D eigenvalue weighted by Gasteiger charge is 2.25. The van der Waals surface area contributed by atoms with Crippen LogP contribution in [0.25, 0.3) is 10.7 Å². The molecule has 3 rings (SSSR count). The minimum absolute atomic E-state index is 0.0849. The van der Waals surface area contributed by atoms with Gasteiger partial charge in [-0.25, -0.2) is 8.42 Å². The first-order valence-electron chi connectivity index (χ1n) is 8.80. The number of aromatic nitrogens is 2. The van der Waals surface area contributed by atoms with Crippen LogP contribution < -0.4 is 4.31 Å². The lowest BCUT2D eigenvalue weighted by molar-refractivity contribution is -0.129. The van der Waals surface area contributed by atoms with Crippen molar-refractivity contribution in [2.45, 2.75) is 20.4 Å². The Morgan fingerprint density at radius 2 is 2.00 bits per heavy atom. The zero-order valence-electron chi connectivity index (χ0n) is 16.6. The highest BCUT2D eigenvalue weighted by atomic mass is 32.2. The number of carbonyl (C=O) groups is 1. The summed E-state index contributed by atoms with van der Waals surface area (Å²) in [5, 5.41) is 5.83. The summed E-state index contributed by atoms with van der Waals surface area (Å²) in [7, 11) is -2.08. The van der Waals surface area contributed by atoms with Crippen molar-refractivity contribution in [1.29, 1.82) is 0 Å². The van der Waals surface area contributed by atoms with E-state index in [4.69, 9.17) is 4.52 Å². The lowest BCUT2D eigenvalue weighted by atomic mass is 10.1. The Morgan fingerprint density at radius 1 is 1.24 bits per heavy atom. The fourth-order valence-corrected chi connectivity index (χ4v) is 4.28. The molecule has 1 amide bonds. The number of sulfonamides is 1. The molecule has 0 aliphatic rings. The molecule has 10 heteroatoms. The molecule has 154 valence electrons. The fourth-order valence-electron chi connectivity index (χ4n) is 2.73. The van der Waals surface area contributed by atoms with Gasteiger partial charge in [0.25, 0.3) is 0 Å². The van der Waals surface area contributed by atoms with E-state index in [9.17, 15) is 13.2 Å². The lowest BCUT2D eigenvalue weighted by Gasteiger charge is -2.26. The highest BCUT2D eigenvalue weighted by molar-refractivity contribution is 7.92. The molecule has 2 aromatic heterocycles. The van der Waals surface area contributed by atoms with Crippen molar-refractivity contribution in [2.75, 3.05) is 24.2 Å². The summed E-state index contributed by atoms with van der Waals surface area (Å²) in [6.07, 6.45) is 1.09. The van der Waals surface area contributed by atoms with Crippen LogP contribution in [-0.4, -0.2) is 49.2 Å². The molecule has 0 radical (unpaired) electrons. The second kappa shape index (κ2) is 8.34. The van der Waals surface area contributed by atoms with Gasteiger partial charge in [0.1, 0.15) is 6.54 Å². The number of hydrogen-bond acceptors (Lipinski definition) is 7. The van der Waals surface area contributed by atoms with Gasteiger partial charge in [-0.3, -0.25) is 9.10 Å². The Kier molecular flexibility index (Phi) is 6.04. The number of nitrogens with zero attached hydrogens (tertiary/aromatic N) is 4. The van der Waals surface area contributed by atoms with Crippen molar-refractivity contribution in [3.63, 3.8) is 0 Å². The number of likely N-dealkylation sites (N-methyl/N-ethyl adjacent to an activating group) is 1. The molecule has 2 heterocycles. The second-order valence-electron chi connectivity index (χ2n) is 6.80. The van der Waals surface area contributed by atoms with E-state index in [2.05, 4.69) is 10.1 Å². The largest absolute Gasteiger partial charge is 0.337 e. The summed E-state index contributed by atoms with van der Waals surface area (Å²) in [6, 6.07) is 9.26. The minimum Gasteiger partial charge on any atom is -0.337 e. The first kappa shape index (κ1) is 21.0. The molecule has 1 aromatic carbocycles. The van der Waals surface area contributed by atoms with Crippen LogP contribution in [0.1, 0.15) is 17.0 Å². The quantitative estimate of drug-likeness (QED) is 0.567. The van der Waals surface area contributed by atoms with Crippen molar-refractivity contribution in [3.05, 3.63) is 52.7 Å². The molecule has 0 bridgehead atoms. The normalized spacial score (nSPS) is 11.4. The molecule has 0 N–H and O–H groups in total. The maximum atomic E-state index is 12.7. The maximum Gasteiger partial charge on any atom is 0.246 e. The van der Waals surface area contributed by atoms with Crippen molar-refractivity contribution < 1.29 is 17.7 Å². The number of carbonyl (C=O) groups excluding carboxylic acids is 1. The molecular weight excluding hydrogens is 412 g/mol. The number of thiophene rings is 1. The number of anilines is 1. The topological polar surface area (TPSA) is 96.6 Å². The molecule has 29 heavy (non-hydrogen) atoms. The number of benzene rings is 1. The van der Waals surface area contributed by atoms with Gasteiger partial charge < -0.3 is 9.42 Å². The average Bonchev–Trinajstić information content (AvgIpc) is 3.32. The third-order valence-corrected chi connectivity index (χ3v) is 6.31. The van der Waals surface area contributed by atoms with Crippen LogP contribution >= 0.6 is 11.3 Å². The summed E-state index contributed by atoms with van der Waals surface area (Å²) < 4.78 is 31.1. The van der Waals surface area contributed by atoms with Crippen molar-refractivity contribution >= 4 is 33.0 Å². The number of amides is 1. The molecule has 0 unspecified atom stereocenters. The summed E-state index contributed by atoms with van der Waals surface area (Å²) in [5.74, 6) is 0.359. The third kappa shape index (κ3) is 5.01. The average molecular weight is 435 g/mol. The highest BCUT2D eigenvalue weighted by Crippen LogP contribution is 2.24. The Morgan fingerprint density at radius 3 is 2.66 bits per heavy atom. The van der Waals surface area contributed by atoms with E-state index in [1.54, 1.807) is 13.1 Å². The predicted molar refractivity (Wildman–Crippen MR) is 112 cm³/mol. The lowest BCUT2D eigenvalue weighted by Crippen LogP contribution is -2.41. The molecule has 8 nitrogen and oxygen atoms in total. The predicted octanol–water partition coefficient (Wildman–Crippen LogP) is 2.84. The third-order valence-electron chi connectivity index (χ3n) is 4.32. The molecular formula is C19H22N4O4S2. The number of rotatable bonds is 7. The van der Waals surface area contributed by atoms with E-state index in [1.807, 2.05) is 43.5 Å². The molecule has 3 aromatic rings. The standard InChI is InChI=1S/C19H22N4O4S2/c1-13-7-8-14(2)15(10-13)23(29(4,25)26)12-18(24)22(3)11-17-20-19(21-27-17)16-6-5-9-28-16/h5-10H,11-12H2,1-4H3. The van der Waals surface area contributed by atoms with E-state index in [0.29, 0.717) is 11.5 Å². The Labute approximate surface area is 173 Å². The van der Waals surface area contributed by atoms with Gasteiger partial charge in [-0.15, -0.1) is 11.3 Å². The number of aryl methyl sites for hydroxylation is 2. The SMILES string of the molecule is Cc1ccc(C)c(N(CC(=O)N(C)Cc2nc(-c3cccs3)no2)S(C)(=O)=O)c1. The molecule has 0 spiro atoms. The van der Waals surface area contributed by atoms with Gasteiger partial charge in [-0.2, -0.15) is 4.98 Å². The first-order valence-corrected chi connectivity index (χ1v) is 11.5. The summed E-state index contributed by atoms with van der Waals surface area (Å²) >= 11 is 1.49. The summed E-state index contributed by atoms with van der Waals surface area (Å²) in [6.45, 7) is 3.46. The van der Waals surface area contributed by atoms with E-state index in [0.717, 1.165) is 26.6 Å². The molecule has 0 saturated carbocycles. The van der Waals surface area contributed by atoms with E-state index < -0.39 is 10.0 Å². The minimum atomic E-state index is -3.65. The van der Waals surface area contributed by atoms with Crippen LogP contribution in [0.5, 0.6) is 0 Å². The second-order valence-corrected chi connectivity index (χ2v) is 9.65. The van der Waals surface area contributed by atoms with E-state index >= 15 is 0 Å². The van der Waals surface area contributed by atoms with Crippen molar-refractivity contribution in [3.8, 4) is 10.7 Å². The maximum absolute atomic E-state index is 12.7. The summed E-state index contributed by atoms with van der Waals surface area (Å²) in [4.78, 5) is 19.3. The van der Waals surface area contributed by atoms with Gasteiger partial charge in [0.15, 0.2) is 0 Å². The van der Waals surface area contributed by atoms with E-state index in [-0.39, 0.29) is 24.9 Å². The monoisotopic (exact) mass is 434 g/mol. The van der Waals surface area contributed by atoms with Crippen molar-refractivity contribution in [1.82, 2.24) is 15.0 Å². The Balaban J connectivity index is 1.75. The van der Waals surface area contributed by atoms with Crippen LogP contribution in [0.4, 0.5) is 5.69 Å². The van der Waals surface area contributed by atoms with Crippen LogP contribution in [0.3, 0.4) is 0 Å². The zero-order chi connectivity index (χ0) is 21.2. The van der Waals surface area contributed by atoms with Gasteiger partial charge in [-0.1, -0.05) is 23.4 Å². The Hall–Kier alpha value is -2.72. The smallest absolute Gasteiger partial charge is 0.246 e. The van der Waals surface area contributed by atoms with Gasteiger partial charge >= 0.3 is 0 Å². The first-order chi connectivity index (χ1) is 13.6. The molecule has 0 fully saturated rings. The van der Waals surface area contributed by atoms with Gasteiger partial charge in [0.05, 0.1) is 23.4 Å². The van der Waals surface area contributed by atoms with Crippen molar-refractivity contribution in [2.24, 2.45) is 0 Å². The summed E-state index contributed by atoms with van der Waals surface area (Å²) in [5.41, 5.74) is 2.17. The van der Waals surface area contributed by atoms with Gasteiger partial charge in [-0.05, 0) is 42.5 Å². The fraction of sp³-hybridized carbons (Fsp3) is 0.316.